The second-order valence-corrected chi connectivity index (χ2v) is 10.1. The van der Waals surface area contributed by atoms with Crippen molar-refractivity contribution in [1.29, 1.82) is 0 Å². The number of hydrogen-bond acceptors (Lipinski definition) is 9. The number of carbonyl (C=O) groups is 6. The van der Waals surface area contributed by atoms with Gasteiger partial charge in [0.2, 0.25) is 35.4 Å². The van der Waals surface area contributed by atoms with Crippen molar-refractivity contribution < 1.29 is 33.9 Å². The van der Waals surface area contributed by atoms with E-state index in [2.05, 4.69) is 26.6 Å². The molecule has 0 fully saturated rings. The van der Waals surface area contributed by atoms with E-state index in [0.717, 1.165) is 5.56 Å². The lowest BCUT2D eigenvalue weighted by atomic mass is 10.0. The van der Waals surface area contributed by atoms with Gasteiger partial charge in [-0.25, -0.2) is 0 Å². The van der Waals surface area contributed by atoms with E-state index in [1.54, 1.807) is 36.4 Å². The first kappa shape index (κ1) is 34.4. The zero-order valence-corrected chi connectivity index (χ0v) is 24.3. The van der Waals surface area contributed by atoms with Gasteiger partial charge in [-0.05, 0) is 50.5 Å². The standard InChI is InChI=1S/C29H39N7O7/c1-16(30)25(39)33-18(3)27(41)35-23(14-20-9-11-21(37)12-10-20)29(43)34-17(2)26(40)32-15-24(38)36-28(42)22(31)13-19-7-5-4-6-8-19/h4-12,16-18,22-23,37H,13-15,30-31H2,1-3H3,(H,32,40)(H,33,39)(H,34,43)(H,35,41)(H,36,38,42)/t16-,17-,18-,22+,23+/m1/s1. The summed E-state index contributed by atoms with van der Waals surface area (Å²) in [4.78, 5) is 74.8. The Morgan fingerprint density at radius 2 is 1.23 bits per heavy atom. The summed E-state index contributed by atoms with van der Waals surface area (Å²) in [7, 11) is 0. The molecule has 2 aromatic rings. The Morgan fingerprint density at radius 1 is 0.674 bits per heavy atom. The number of nitrogens with one attached hydrogen (secondary N) is 5. The van der Waals surface area contributed by atoms with Gasteiger partial charge in [0.1, 0.15) is 23.9 Å². The quantitative estimate of drug-likeness (QED) is 0.121. The van der Waals surface area contributed by atoms with E-state index in [1.165, 1.54) is 32.9 Å². The predicted octanol–water partition coefficient (Wildman–Crippen LogP) is -1.89. The van der Waals surface area contributed by atoms with E-state index in [9.17, 15) is 33.9 Å². The number of rotatable bonds is 14. The number of benzene rings is 2. The van der Waals surface area contributed by atoms with Crippen LogP contribution >= 0.6 is 0 Å². The molecule has 0 aliphatic heterocycles. The van der Waals surface area contributed by atoms with E-state index < -0.39 is 72.2 Å². The Hall–Kier alpha value is -4.82. The number of hydrogen-bond donors (Lipinski definition) is 8. The number of phenolic OH excluding ortho intramolecular Hbond substituents is 1. The predicted molar refractivity (Wildman–Crippen MR) is 157 cm³/mol. The Bertz CT molecular complexity index is 1290. The van der Waals surface area contributed by atoms with Gasteiger partial charge in [0.15, 0.2) is 0 Å². The average Bonchev–Trinajstić information content (AvgIpc) is 2.96. The molecule has 0 saturated heterocycles. The molecule has 0 heterocycles. The highest BCUT2D eigenvalue weighted by Crippen LogP contribution is 2.12. The minimum Gasteiger partial charge on any atom is -0.508 e. The number of nitrogens with two attached hydrogens (primary N) is 2. The van der Waals surface area contributed by atoms with Crippen LogP contribution in [0.25, 0.3) is 0 Å². The molecule has 0 aliphatic carbocycles. The molecule has 0 unspecified atom stereocenters. The van der Waals surface area contributed by atoms with Crippen LogP contribution in [-0.2, 0) is 41.6 Å². The minimum absolute atomic E-state index is 0.00605. The number of phenols is 1. The lowest BCUT2D eigenvalue weighted by molar-refractivity contribution is -0.134. The van der Waals surface area contributed by atoms with Gasteiger partial charge in [-0.1, -0.05) is 42.5 Å². The van der Waals surface area contributed by atoms with Crippen molar-refractivity contribution in [3.8, 4) is 5.75 Å². The van der Waals surface area contributed by atoms with E-state index in [4.69, 9.17) is 11.5 Å². The molecule has 2 aromatic carbocycles. The van der Waals surface area contributed by atoms with Crippen LogP contribution in [0.4, 0.5) is 0 Å². The maximum atomic E-state index is 13.1. The molecule has 10 N–H and O–H groups in total. The first-order chi connectivity index (χ1) is 20.3. The van der Waals surface area contributed by atoms with Gasteiger partial charge in [0.25, 0.3) is 0 Å². The van der Waals surface area contributed by atoms with Crippen LogP contribution in [0.15, 0.2) is 54.6 Å². The number of aromatic hydroxyl groups is 1. The Morgan fingerprint density at radius 3 is 1.84 bits per heavy atom. The van der Waals surface area contributed by atoms with E-state index >= 15 is 0 Å². The molecule has 0 bridgehead atoms. The molecule has 0 aliphatic rings. The summed E-state index contributed by atoms with van der Waals surface area (Å²) in [5.74, 6) is -4.16. The SMILES string of the molecule is C[C@@H](N)C(=O)N[C@H](C)C(=O)N[C@@H](Cc1ccc(O)cc1)C(=O)N[C@H](C)C(=O)NCC(=O)NC(=O)[C@@H](N)Cc1ccccc1. The van der Waals surface area contributed by atoms with Crippen molar-refractivity contribution in [3.05, 3.63) is 65.7 Å². The zero-order valence-electron chi connectivity index (χ0n) is 24.3. The van der Waals surface area contributed by atoms with Crippen LogP contribution in [0.2, 0.25) is 0 Å². The van der Waals surface area contributed by atoms with Gasteiger partial charge >= 0.3 is 0 Å². The lowest BCUT2D eigenvalue weighted by Crippen LogP contribution is -2.57. The number of imide groups is 1. The molecule has 0 spiro atoms. The fourth-order valence-corrected chi connectivity index (χ4v) is 3.72. The Kier molecular flexibility index (Phi) is 13.3. The second-order valence-electron chi connectivity index (χ2n) is 10.1. The maximum absolute atomic E-state index is 13.1. The van der Waals surface area contributed by atoms with E-state index in [0.29, 0.717) is 5.56 Å². The molecule has 0 aromatic heterocycles. The third-order valence-corrected chi connectivity index (χ3v) is 6.25. The summed E-state index contributed by atoms with van der Waals surface area (Å²) in [5, 5.41) is 21.5. The molecule has 43 heavy (non-hydrogen) atoms. The number of carbonyl (C=O) groups excluding carboxylic acids is 6. The van der Waals surface area contributed by atoms with Gasteiger partial charge in [-0.3, -0.25) is 34.1 Å². The van der Waals surface area contributed by atoms with Crippen LogP contribution < -0.4 is 38.1 Å². The molecular weight excluding hydrogens is 558 g/mol. The molecule has 2 rings (SSSR count). The largest absolute Gasteiger partial charge is 0.508 e. The van der Waals surface area contributed by atoms with Crippen molar-refractivity contribution in [1.82, 2.24) is 26.6 Å². The fourth-order valence-electron chi connectivity index (χ4n) is 3.72. The summed E-state index contributed by atoms with van der Waals surface area (Å²) in [6.07, 6.45) is 0.211. The molecule has 14 nitrogen and oxygen atoms in total. The van der Waals surface area contributed by atoms with Crippen LogP contribution in [0.3, 0.4) is 0 Å². The van der Waals surface area contributed by atoms with Crippen molar-refractivity contribution in [2.45, 2.75) is 63.8 Å². The first-order valence-corrected chi connectivity index (χ1v) is 13.6. The molecule has 232 valence electrons. The summed E-state index contributed by atoms with van der Waals surface area (Å²) < 4.78 is 0. The van der Waals surface area contributed by atoms with Crippen LogP contribution in [0.5, 0.6) is 5.75 Å². The van der Waals surface area contributed by atoms with Gasteiger partial charge in [0, 0.05) is 6.42 Å². The monoisotopic (exact) mass is 597 g/mol. The van der Waals surface area contributed by atoms with Crippen LogP contribution in [0.1, 0.15) is 31.9 Å². The molecular formula is C29H39N7O7. The van der Waals surface area contributed by atoms with Crippen LogP contribution in [0, 0.1) is 0 Å². The van der Waals surface area contributed by atoms with Gasteiger partial charge in [-0.15, -0.1) is 0 Å². The second kappa shape index (κ2) is 16.6. The van der Waals surface area contributed by atoms with E-state index in [1.807, 2.05) is 6.07 Å². The molecule has 5 atom stereocenters. The highest BCUT2D eigenvalue weighted by atomic mass is 16.3. The van der Waals surface area contributed by atoms with Crippen molar-refractivity contribution in [2.75, 3.05) is 6.54 Å². The molecule has 0 saturated carbocycles. The normalized spacial score (nSPS) is 14.2. The summed E-state index contributed by atoms with van der Waals surface area (Å²) in [5.41, 5.74) is 12.8. The van der Waals surface area contributed by atoms with Crippen molar-refractivity contribution in [2.24, 2.45) is 11.5 Å². The highest BCUT2D eigenvalue weighted by Gasteiger charge is 2.28. The summed E-state index contributed by atoms with van der Waals surface area (Å²) >= 11 is 0. The molecule has 6 amide bonds. The maximum Gasteiger partial charge on any atom is 0.245 e. The molecule has 0 radical (unpaired) electrons. The number of amides is 6. The molecule has 14 heteroatoms. The van der Waals surface area contributed by atoms with Gasteiger partial charge in [0.05, 0.1) is 18.6 Å². The van der Waals surface area contributed by atoms with E-state index in [-0.39, 0.29) is 18.6 Å². The average molecular weight is 598 g/mol. The topological polar surface area (TPSA) is 235 Å². The Labute approximate surface area is 249 Å². The van der Waals surface area contributed by atoms with Crippen molar-refractivity contribution in [3.63, 3.8) is 0 Å². The van der Waals surface area contributed by atoms with Gasteiger partial charge in [-0.2, -0.15) is 0 Å². The smallest absolute Gasteiger partial charge is 0.245 e. The third-order valence-electron chi connectivity index (χ3n) is 6.25. The minimum atomic E-state index is -1.17. The summed E-state index contributed by atoms with van der Waals surface area (Å²) in [6.45, 7) is 3.70. The summed E-state index contributed by atoms with van der Waals surface area (Å²) in [6, 6.07) is 9.82. The lowest BCUT2D eigenvalue weighted by Gasteiger charge is -2.23. The zero-order chi connectivity index (χ0) is 32.1. The first-order valence-electron chi connectivity index (χ1n) is 13.6. The third kappa shape index (κ3) is 11.9. The van der Waals surface area contributed by atoms with Crippen LogP contribution in [-0.4, -0.2) is 77.3 Å². The fraction of sp³-hybridized carbons (Fsp3) is 0.379. The Balaban J connectivity index is 1.95. The van der Waals surface area contributed by atoms with Crippen molar-refractivity contribution >= 4 is 35.4 Å². The highest BCUT2D eigenvalue weighted by molar-refractivity contribution is 6.00. The van der Waals surface area contributed by atoms with Gasteiger partial charge < -0.3 is 37.8 Å².